The number of ketones is 1. The van der Waals surface area contributed by atoms with E-state index in [0.717, 1.165) is 12.0 Å². The third-order valence-electron chi connectivity index (χ3n) is 7.15. The molecule has 0 radical (unpaired) electrons. The molecule has 35 heavy (non-hydrogen) atoms. The van der Waals surface area contributed by atoms with Crippen molar-refractivity contribution in [3.05, 3.63) is 64.9 Å². The van der Waals surface area contributed by atoms with Gasteiger partial charge in [0.15, 0.2) is 23.0 Å². The van der Waals surface area contributed by atoms with Gasteiger partial charge in [-0.25, -0.2) is 0 Å². The lowest BCUT2D eigenvalue weighted by molar-refractivity contribution is -0.135. The van der Waals surface area contributed by atoms with Gasteiger partial charge in [0.25, 0.3) is 5.91 Å². The zero-order valence-electron chi connectivity index (χ0n) is 19.7. The van der Waals surface area contributed by atoms with Gasteiger partial charge in [-0.15, -0.1) is 11.6 Å². The molecule has 0 aromatic heterocycles. The number of ether oxygens (including phenoxy) is 3. The number of halogens is 1. The number of carbonyl (C=O) groups is 2. The van der Waals surface area contributed by atoms with Crippen molar-refractivity contribution in [3.8, 4) is 17.2 Å². The van der Waals surface area contributed by atoms with Crippen LogP contribution < -0.4 is 9.47 Å². The highest BCUT2D eigenvalue weighted by atomic mass is 35.5. The molecule has 4 atom stereocenters. The number of phenolic OH excluding ortho intramolecular Hbond substituents is 1. The van der Waals surface area contributed by atoms with Crippen LogP contribution in [0.5, 0.6) is 17.2 Å². The summed E-state index contributed by atoms with van der Waals surface area (Å²) in [6, 6.07) is 11.7. The predicted molar refractivity (Wildman–Crippen MR) is 130 cm³/mol. The SMILES string of the molecule is COc1ccc(CCN2C(=O)C3=C(C(=O)C4CC(Cl)CCC4O3)C2c2cccc(O)c2)cc1OC. The summed E-state index contributed by atoms with van der Waals surface area (Å²) in [6.07, 6.45) is 2.15. The van der Waals surface area contributed by atoms with Gasteiger partial charge in [0.1, 0.15) is 11.9 Å². The third-order valence-corrected chi connectivity index (χ3v) is 7.55. The highest BCUT2D eigenvalue weighted by Crippen LogP contribution is 2.47. The zero-order chi connectivity index (χ0) is 24.7. The molecule has 1 N–H and O–H groups in total. The number of carbonyl (C=O) groups excluding carboxylic acids is 2. The maximum absolute atomic E-state index is 13.7. The monoisotopic (exact) mass is 497 g/mol. The first-order valence-electron chi connectivity index (χ1n) is 11.8. The molecule has 2 aromatic rings. The van der Waals surface area contributed by atoms with Crippen LogP contribution in [0, 0.1) is 5.92 Å². The van der Waals surface area contributed by atoms with Gasteiger partial charge in [-0.05, 0) is 61.1 Å². The first kappa shape index (κ1) is 23.5. The van der Waals surface area contributed by atoms with Gasteiger partial charge in [0.2, 0.25) is 0 Å². The Morgan fingerprint density at radius 2 is 1.89 bits per heavy atom. The predicted octanol–water partition coefficient (Wildman–Crippen LogP) is 4.16. The van der Waals surface area contributed by atoms with Crippen LogP contribution in [0.2, 0.25) is 0 Å². The van der Waals surface area contributed by atoms with Gasteiger partial charge in [0.05, 0.1) is 31.8 Å². The zero-order valence-corrected chi connectivity index (χ0v) is 20.5. The van der Waals surface area contributed by atoms with Crippen LogP contribution >= 0.6 is 11.6 Å². The van der Waals surface area contributed by atoms with Crippen molar-refractivity contribution >= 4 is 23.3 Å². The summed E-state index contributed by atoms with van der Waals surface area (Å²) >= 11 is 6.39. The van der Waals surface area contributed by atoms with Gasteiger partial charge in [-0.3, -0.25) is 9.59 Å². The van der Waals surface area contributed by atoms with Crippen molar-refractivity contribution in [2.24, 2.45) is 5.92 Å². The minimum atomic E-state index is -0.631. The van der Waals surface area contributed by atoms with E-state index in [1.165, 1.54) is 0 Å². The average Bonchev–Trinajstić information content (AvgIpc) is 3.14. The molecule has 4 unspecified atom stereocenters. The molecule has 7 nitrogen and oxygen atoms in total. The Balaban J connectivity index is 1.48. The number of benzene rings is 2. The molecular weight excluding hydrogens is 470 g/mol. The maximum Gasteiger partial charge on any atom is 0.290 e. The number of nitrogens with zero attached hydrogens (tertiary/aromatic N) is 1. The Hall–Kier alpha value is -3.19. The minimum Gasteiger partial charge on any atom is -0.508 e. The molecule has 1 saturated carbocycles. The van der Waals surface area contributed by atoms with E-state index in [-0.39, 0.29) is 40.6 Å². The molecule has 0 saturated heterocycles. The molecule has 0 bridgehead atoms. The number of alkyl halides is 1. The molecule has 184 valence electrons. The molecule has 1 amide bonds. The van der Waals surface area contributed by atoms with Crippen molar-refractivity contribution in [1.82, 2.24) is 4.90 Å². The smallest absolute Gasteiger partial charge is 0.290 e. The Labute approximate surface area is 209 Å². The number of fused-ring (bicyclic) bond motifs is 1. The summed E-state index contributed by atoms with van der Waals surface area (Å²) in [5.41, 5.74) is 2.00. The minimum absolute atomic E-state index is 0.0723. The molecule has 0 spiro atoms. The van der Waals surface area contributed by atoms with Gasteiger partial charge >= 0.3 is 0 Å². The second-order valence-corrected chi connectivity index (χ2v) is 9.83. The summed E-state index contributed by atoms with van der Waals surface area (Å²) in [5, 5.41) is 10.1. The van der Waals surface area contributed by atoms with Crippen LogP contribution in [-0.4, -0.2) is 53.9 Å². The highest BCUT2D eigenvalue weighted by molar-refractivity contribution is 6.21. The Bertz CT molecular complexity index is 1190. The number of Topliss-reactive ketones (excluding diaryl/α,β-unsaturated/α-hetero) is 1. The standard InChI is InChI=1S/C27H28ClNO6/c1-33-21-8-6-15(12-22(21)34-2)10-11-29-24(16-4-3-5-18(30)13-16)23-25(31)19-14-17(28)7-9-20(19)35-26(23)27(29)32/h3-6,8,12-13,17,19-20,24,30H,7,9-11,14H2,1-2H3. The quantitative estimate of drug-likeness (QED) is 0.603. The molecule has 8 heteroatoms. The van der Waals surface area contributed by atoms with E-state index in [4.69, 9.17) is 25.8 Å². The second-order valence-electron chi connectivity index (χ2n) is 9.22. The highest BCUT2D eigenvalue weighted by Gasteiger charge is 2.52. The summed E-state index contributed by atoms with van der Waals surface area (Å²) in [4.78, 5) is 29.0. The summed E-state index contributed by atoms with van der Waals surface area (Å²) < 4.78 is 16.9. The van der Waals surface area contributed by atoms with Gasteiger partial charge in [-0.2, -0.15) is 0 Å². The Kier molecular flexibility index (Phi) is 6.36. The Morgan fingerprint density at radius 1 is 1.09 bits per heavy atom. The summed E-state index contributed by atoms with van der Waals surface area (Å²) in [7, 11) is 3.16. The number of phenols is 1. The van der Waals surface area contributed by atoms with Gasteiger partial charge in [0, 0.05) is 11.9 Å². The van der Waals surface area contributed by atoms with Gasteiger partial charge < -0.3 is 24.2 Å². The van der Waals surface area contributed by atoms with Crippen molar-refractivity contribution in [2.45, 2.75) is 43.2 Å². The largest absolute Gasteiger partial charge is 0.508 e. The lowest BCUT2D eigenvalue weighted by Crippen LogP contribution is -2.41. The third kappa shape index (κ3) is 4.22. The van der Waals surface area contributed by atoms with Crippen LogP contribution in [0.3, 0.4) is 0 Å². The van der Waals surface area contributed by atoms with E-state index < -0.39 is 6.04 Å². The molecule has 2 heterocycles. The van der Waals surface area contributed by atoms with Crippen LogP contribution in [0.15, 0.2) is 53.8 Å². The van der Waals surface area contributed by atoms with E-state index in [9.17, 15) is 14.7 Å². The number of hydrogen-bond donors (Lipinski definition) is 1. The first-order chi connectivity index (χ1) is 16.9. The fourth-order valence-corrected chi connectivity index (χ4v) is 5.74. The van der Waals surface area contributed by atoms with E-state index >= 15 is 0 Å². The lowest BCUT2D eigenvalue weighted by atomic mass is 9.77. The lowest BCUT2D eigenvalue weighted by Gasteiger charge is -2.37. The normalized spacial score (nSPS) is 25.7. The Morgan fingerprint density at radius 3 is 2.63 bits per heavy atom. The van der Waals surface area contributed by atoms with Crippen molar-refractivity contribution in [2.75, 3.05) is 20.8 Å². The fraction of sp³-hybridized carbons (Fsp3) is 0.407. The number of hydrogen-bond acceptors (Lipinski definition) is 6. The topological polar surface area (TPSA) is 85.3 Å². The van der Waals surface area contributed by atoms with Crippen LogP contribution in [0.25, 0.3) is 0 Å². The van der Waals surface area contributed by atoms with E-state index in [1.807, 2.05) is 24.3 Å². The first-order valence-corrected chi connectivity index (χ1v) is 12.2. The van der Waals surface area contributed by atoms with Crippen molar-refractivity contribution in [1.29, 1.82) is 0 Å². The summed E-state index contributed by atoms with van der Waals surface area (Å²) in [5.74, 6) is 0.726. The number of aromatic hydroxyl groups is 1. The van der Waals surface area contributed by atoms with Crippen LogP contribution in [0.1, 0.15) is 36.4 Å². The van der Waals surface area contributed by atoms with Crippen molar-refractivity contribution in [3.63, 3.8) is 0 Å². The number of amides is 1. The maximum atomic E-state index is 13.7. The molecule has 5 rings (SSSR count). The van der Waals surface area contributed by atoms with Crippen LogP contribution in [-0.2, 0) is 20.7 Å². The second kappa shape index (κ2) is 9.46. The average molecular weight is 498 g/mol. The molecule has 1 aliphatic carbocycles. The summed E-state index contributed by atoms with van der Waals surface area (Å²) in [6.45, 7) is 0.353. The van der Waals surface area contributed by atoms with Gasteiger partial charge in [-0.1, -0.05) is 18.2 Å². The van der Waals surface area contributed by atoms with Crippen molar-refractivity contribution < 1.29 is 28.9 Å². The molecule has 3 aliphatic rings. The van der Waals surface area contributed by atoms with E-state index in [1.54, 1.807) is 37.3 Å². The fourth-order valence-electron chi connectivity index (χ4n) is 5.42. The molecule has 2 aliphatic heterocycles. The van der Waals surface area contributed by atoms with E-state index in [2.05, 4.69) is 0 Å². The number of rotatable bonds is 6. The van der Waals surface area contributed by atoms with Crippen LogP contribution in [0.4, 0.5) is 0 Å². The molecule has 2 aromatic carbocycles. The number of methoxy groups -OCH3 is 2. The van der Waals surface area contributed by atoms with E-state index in [0.29, 0.717) is 48.4 Å². The molecule has 1 fully saturated rings. The molecular formula is C27H28ClNO6.